The molecule has 0 bridgehead atoms. The Morgan fingerprint density at radius 2 is 2.00 bits per heavy atom. The number of nitrogens with one attached hydrogen (secondary N) is 1. The van der Waals surface area contributed by atoms with Crippen molar-refractivity contribution < 1.29 is 14.7 Å². The summed E-state index contributed by atoms with van der Waals surface area (Å²) in [5.74, 6) is 2.53. The molecule has 7 atom stereocenters. The molecule has 158 valence electrons. The van der Waals surface area contributed by atoms with Gasteiger partial charge in [0.25, 0.3) is 0 Å². The molecule has 2 N–H and O–H groups in total. The molecule has 2 unspecified atom stereocenters. The van der Waals surface area contributed by atoms with Gasteiger partial charge >= 0.3 is 0 Å². The molecule has 0 amide bonds. The SMILES string of the molecule is CNCCON=C1CC[C@]2(C)[C@@H]3CC[C@]4(C)C(=O)CC[C@H]4[C@@H]3C(C)CC2(O)C1. The average Bonchev–Trinajstić information content (AvgIpc) is 2.95. The van der Waals surface area contributed by atoms with E-state index in [2.05, 4.69) is 31.2 Å². The lowest BCUT2D eigenvalue weighted by atomic mass is 9.41. The smallest absolute Gasteiger partial charge is 0.139 e. The van der Waals surface area contributed by atoms with Crippen molar-refractivity contribution in [3.05, 3.63) is 0 Å². The predicted octanol–water partition coefficient (Wildman–Crippen LogP) is 3.55. The van der Waals surface area contributed by atoms with Crippen LogP contribution in [0.25, 0.3) is 0 Å². The van der Waals surface area contributed by atoms with Crippen LogP contribution in [0.2, 0.25) is 0 Å². The quantitative estimate of drug-likeness (QED) is 0.569. The second-order valence-electron chi connectivity index (χ2n) is 10.6. The van der Waals surface area contributed by atoms with E-state index in [0.29, 0.717) is 42.5 Å². The van der Waals surface area contributed by atoms with E-state index >= 15 is 0 Å². The first-order valence-electron chi connectivity index (χ1n) is 11.3. The number of likely N-dealkylation sites (N-methyl/N-ethyl adjacent to an activating group) is 1. The van der Waals surface area contributed by atoms with E-state index in [0.717, 1.165) is 57.2 Å². The standard InChI is InChI=1S/C23H38N2O3/c1-15-13-23(27)14-16(25-28-12-11-24-4)7-10-22(23,3)18-8-9-21(2)17(20(15)18)5-6-19(21)26/h15,17-18,20,24,27H,5-14H2,1-4H3/t15?,17-,18+,20-,21-,22+,23?/m0/s1. The number of nitrogens with zero attached hydrogens (tertiary/aromatic N) is 1. The topological polar surface area (TPSA) is 70.9 Å². The zero-order valence-corrected chi connectivity index (χ0v) is 18.1. The van der Waals surface area contributed by atoms with Crippen LogP contribution in [0.1, 0.15) is 72.1 Å². The van der Waals surface area contributed by atoms with Gasteiger partial charge in [0.2, 0.25) is 0 Å². The number of Topliss-reactive ketones (excluding diaryl/α,β-unsaturated/α-hetero) is 1. The maximum Gasteiger partial charge on any atom is 0.139 e. The fourth-order valence-corrected chi connectivity index (χ4v) is 7.64. The van der Waals surface area contributed by atoms with Crippen LogP contribution >= 0.6 is 0 Å². The van der Waals surface area contributed by atoms with Crippen LogP contribution in [0.5, 0.6) is 0 Å². The van der Waals surface area contributed by atoms with Gasteiger partial charge in [-0.15, -0.1) is 0 Å². The first kappa shape index (κ1) is 20.3. The molecule has 4 aliphatic carbocycles. The van der Waals surface area contributed by atoms with Gasteiger partial charge in [0, 0.05) is 30.2 Å². The number of aliphatic hydroxyl groups is 1. The minimum absolute atomic E-state index is 0.0822. The average molecular weight is 391 g/mol. The Bertz CT molecular complexity index is 664. The molecule has 28 heavy (non-hydrogen) atoms. The summed E-state index contributed by atoms with van der Waals surface area (Å²) >= 11 is 0. The molecule has 4 saturated carbocycles. The third kappa shape index (κ3) is 2.87. The predicted molar refractivity (Wildman–Crippen MR) is 110 cm³/mol. The normalized spacial score (nSPS) is 49.5. The lowest BCUT2D eigenvalue weighted by Crippen LogP contribution is -2.64. The van der Waals surface area contributed by atoms with Crippen LogP contribution < -0.4 is 5.32 Å². The van der Waals surface area contributed by atoms with Crippen molar-refractivity contribution in [2.75, 3.05) is 20.2 Å². The van der Waals surface area contributed by atoms with Crippen molar-refractivity contribution in [3.8, 4) is 0 Å². The van der Waals surface area contributed by atoms with Crippen LogP contribution in [-0.2, 0) is 9.63 Å². The second-order valence-corrected chi connectivity index (χ2v) is 10.6. The summed E-state index contributed by atoms with van der Waals surface area (Å²) < 4.78 is 0. The van der Waals surface area contributed by atoms with Crippen molar-refractivity contribution >= 4 is 11.5 Å². The first-order valence-corrected chi connectivity index (χ1v) is 11.3. The van der Waals surface area contributed by atoms with Gasteiger partial charge in [-0.2, -0.15) is 0 Å². The third-order valence-corrected chi connectivity index (χ3v) is 9.31. The van der Waals surface area contributed by atoms with Gasteiger partial charge in [-0.1, -0.05) is 25.9 Å². The Kier molecular flexibility index (Phi) is 5.15. The van der Waals surface area contributed by atoms with Crippen LogP contribution in [0.3, 0.4) is 0 Å². The Labute approximate surface area is 169 Å². The molecule has 0 spiro atoms. The number of fused-ring (bicyclic) bond motifs is 5. The minimum Gasteiger partial charge on any atom is -0.394 e. The molecule has 0 heterocycles. The van der Waals surface area contributed by atoms with E-state index in [-0.39, 0.29) is 10.8 Å². The molecule has 0 aromatic heterocycles. The number of rotatable bonds is 4. The summed E-state index contributed by atoms with van der Waals surface area (Å²) in [6.45, 7) is 8.21. The van der Waals surface area contributed by atoms with Crippen molar-refractivity contribution in [2.24, 2.45) is 39.7 Å². The molecule has 0 aromatic carbocycles. The fourth-order valence-electron chi connectivity index (χ4n) is 7.64. The van der Waals surface area contributed by atoms with Gasteiger partial charge in [0.15, 0.2) is 0 Å². The number of carbonyl (C=O) groups excluding carboxylic acids is 1. The molecule has 4 fully saturated rings. The van der Waals surface area contributed by atoms with Gasteiger partial charge in [0.1, 0.15) is 12.4 Å². The molecular formula is C23H38N2O3. The highest BCUT2D eigenvalue weighted by Gasteiger charge is 2.66. The van der Waals surface area contributed by atoms with Crippen molar-refractivity contribution in [2.45, 2.75) is 77.7 Å². The van der Waals surface area contributed by atoms with Gasteiger partial charge in [-0.25, -0.2) is 0 Å². The highest BCUT2D eigenvalue weighted by atomic mass is 16.6. The number of hydrogen-bond donors (Lipinski definition) is 2. The highest BCUT2D eigenvalue weighted by molar-refractivity contribution is 5.87. The molecule has 0 radical (unpaired) electrons. The Morgan fingerprint density at radius 1 is 1.21 bits per heavy atom. The van der Waals surface area contributed by atoms with Crippen molar-refractivity contribution in [1.82, 2.24) is 5.32 Å². The van der Waals surface area contributed by atoms with E-state index in [1.165, 1.54) is 0 Å². The van der Waals surface area contributed by atoms with Crippen LogP contribution in [0.4, 0.5) is 0 Å². The van der Waals surface area contributed by atoms with E-state index in [9.17, 15) is 9.90 Å². The largest absolute Gasteiger partial charge is 0.394 e. The molecule has 5 nitrogen and oxygen atoms in total. The van der Waals surface area contributed by atoms with Gasteiger partial charge in [-0.3, -0.25) is 4.79 Å². The van der Waals surface area contributed by atoms with E-state index in [1.807, 2.05) is 7.05 Å². The highest BCUT2D eigenvalue weighted by Crippen LogP contribution is 2.67. The first-order chi connectivity index (χ1) is 13.2. The number of oxime groups is 1. The molecule has 0 aromatic rings. The summed E-state index contributed by atoms with van der Waals surface area (Å²) in [5.41, 5.74) is 0.122. The molecule has 0 saturated heterocycles. The summed E-state index contributed by atoms with van der Waals surface area (Å²) in [5, 5.41) is 19.3. The number of carbonyl (C=O) groups is 1. The van der Waals surface area contributed by atoms with Gasteiger partial charge in [-0.05, 0) is 69.2 Å². The summed E-state index contributed by atoms with van der Waals surface area (Å²) in [6, 6.07) is 0. The van der Waals surface area contributed by atoms with E-state index < -0.39 is 5.60 Å². The van der Waals surface area contributed by atoms with E-state index in [4.69, 9.17) is 4.84 Å². The molecule has 4 rings (SSSR count). The second kappa shape index (κ2) is 7.09. The fraction of sp³-hybridized carbons (Fsp3) is 0.913. The van der Waals surface area contributed by atoms with Crippen LogP contribution in [-0.4, -0.2) is 42.4 Å². The molecular weight excluding hydrogens is 352 g/mol. The van der Waals surface area contributed by atoms with Crippen molar-refractivity contribution in [3.63, 3.8) is 0 Å². The molecule has 4 aliphatic rings. The van der Waals surface area contributed by atoms with Crippen LogP contribution in [0.15, 0.2) is 5.16 Å². The van der Waals surface area contributed by atoms with Crippen LogP contribution in [0, 0.1) is 34.5 Å². The Morgan fingerprint density at radius 3 is 2.75 bits per heavy atom. The Hall–Kier alpha value is -0.940. The van der Waals surface area contributed by atoms with Gasteiger partial charge < -0.3 is 15.3 Å². The summed E-state index contributed by atoms with van der Waals surface area (Å²) in [4.78, 5) is 18.1. The lowest BCUT2D eigenvalue weighted by Gasteiger charge is -2.64. The zero-order valence-electron chi connectivity index (χ0n) is 18.1. The summed E-state index contributed by atoms with van der Waals surface area (Å²) in [7, 11) is 1.90. The van der Waals surface area contributed by atoms with Gasteiger partial charge in [0.05, 0.1) is 11.3 Å². The zero-order chi connectivity index (χ0) is 20.2. The summed E-state index contributed by atoms with van der Waals surface area (Å²) in [6.07, 6.45) is 7.25. The number of hydrogen-bond acceptors (Lipinski definition) is 5. The maximum absolute atomic E-state index is 12.6. The molecule has 0 aliphatic heterocycles. The third-order valence-electron chi connectivity index (χ3n) is 9.31. The monoisotopic (exact) mass is 390 g/mol. The van der Waals surface area contributed by atoms with Crippen molar-refractivity contribution in [1.29, 1.82) is 0 Å². The van der Waals surface area contributed by atoms with E-state index in [1.54, 1.807) is 0 Å². The molecule has 5 heteroatoms. The Balaban J connectivity index is 1.57. The number of ketones is 1. The minimum atomic E-state index is -0.701. The lowest BCUT2D eigenvalue weighted by molar-refractivity contribution is -0.206. The maximum atomic E-state index is 12.6.